The van der Waals surface area contributed by atoms with Gasteiger partial charge in [-0.15, -0.1) is 0 Å². The molecule has 0 unspecified atom stereocenters. The molecule has 31 heavy (non-hydrogen) atoms. The molecule has 8 heteroatoms. The third-order valence-corrected chi connectivity index (χ3v) is 7.35. The van der Waals surface area contributed by atoms with Crippen LogP contribution >= 0.6 is 0 Å². The predicted molar refractivity (Wildman–Crippen MR) is 114 cm³/mol. The first-order valence-electron chi connectivity index (χ1n) is 9.84. The number of sulfonamides is 1. The van der Waals surface area contributed by atoms with E-state index in [4.69, 9.17) is 4.74 Å². The number of halogens is 1. The molecule has 1 aromatic heterocycles. The summed E-state index contributed by atoms with van der Waals surface area (Å²) in [6.45, 7) is -0.0368. The zero-order valence-electron chi connectivity index (χ0n) is 16.4. The fourth-order valence-corrected chi connectivity index (χ4v) is 5.55. The number of morpholine rings is 1. The van der Waals surface area contributed by atoms with Gasteiger partial charge in [0.05, 0.1) is 18.0 Å². The van der Waals surface area contributed by atoms with Crippen molar-refractivity contribution in [3.63, 3.8) is 0 Å². The molecular weight excluding hydrogens is 419 g/mol. The highest BCUT2D eigenvalue weighted by atomic mass is 32.2. The molecule has 158 valence electrons. The Hall–Kier alpha value is -3.23. The van der Waals surface area contributed by atoms with Crippen LogP contribution in [0.1, 0.15) is 0 Å². The third kappa shape index (κ3) is 3.47. The maximum absolute atomic E-state index is 13.2. The number of esters is 1. The van der Waals surface area contributed by atoms with E-state index >= 15 is 0 Å². The van der Waals surface area contributed by atoms with Crippen molar-refractivity contribution in [2.45, 2.75) is 17.5 Å². The number of hydrogen-bond acceptors (Lipinski definition) is 4. The first-order valence-corrected chi connectivity index (χ1v) is 11.3. The molecule has 0 spiro atoms. The van der Waals surface area contributed by atoms with E-state index in [0.717, 1.165) is 38.2 Å². The van der Waals surface area contributed by atoms with Gasteiger partial charge in [-0.2, -0.15) is 4.31 Å². The Balaban J connectivity index is 1.49. The van der Waals surface area contributed by atoms with Crippen LogP contribution in [0.3, 0.4) is 0 Å². The van der Waals surface area contributed by atoms with Crippen LogP contribution in [0.25, 0.3) is 21.8 Å². The molecule has 1 aliphatic rings. The monoisotopic (exact) mass is 438 g/mol. The largest absolute Gasteiger partial charge is 0.458 e. The van der Waals surface area contributed by atoms with Crippen LogP contribution in [0.2, 0.25) is 0 Å². The molecule has 0 radical (unpaired) electrons. The first-order chi connectivity index (χ1) is 14.9. The number of hydrogen-bond donors (Lipinski definition) is 0. The second kappa shape index (κ2) is 7.47. The molecule has 0 saturated carbocycles. The molecule has 1 atom stereocenters. The van der Waals surface area contributed by atoms with Gasteiger partial charge in [0.1, 0.15) is 18.5 Å². The molecule has 2 heterocycles. The molecule has 0 amide bonds. The minimum Gasteiger partial charge on any atom is -0.458 e. The van der Waals surface area contributed by atoms with Gasteiger partial charge >= 0.3 is 5.97 Å². The van der Waals surface area contributed by atoms with Gasteiger partial charge in [-0.1, -0.05) is 36.4 Å². The highest BCUT2D eigenvalue weighted by Gasteiger charge is 2.35. The zero-order valence-corrected chi connectivity index (χ0v) is 17.3. The number of cyclic esters (lactones) is 1. The summed E-state index contributed by atoms with van der Waals surface area (Å²) < 4.78 is 47.9. The molecule has 3 aromatic carbocycles. The maximum atomic E-state index is 13.2. The van der Waals surface area contributed by atoms with Gasteiger partial charge in [0.2, 0.25) is 10.0 Å². The van der Waals surface area contributed by atoms with Crippen LogP contribution in [-0.2, 0) is 26.1 Å². The number of para-hydroxylation sites is 2. The van der Waals surface area contributed by atoms with E-state index in [1.165, 1.54) is 12.1 Å². The standard InChI is InChI=1S/C23H19FN2O4S/c24-16-9-11-18(12-10-16)31(28,29)25-13-17(30-23(27)15-25)14-26-21-7-3-1-5-19(21)20-6-2-4-8-22(20)26/h1-12,17H,13-15H2/t17-/m1/s1. The topological polar surface area (TPSA) is 68.6 Å². The summed E-state index contributed by atoms with van der Waals surface area (Å²) in [5.41, 5.74) is 1.97. The van der Waals surface area contributed by atoms with Gasteiger partial charge in [0.25, 0.3) is 0 Å². The van der Waals surface area contributed by atoms with Crippen LogP contribution in [0.15, 0.2) is 77.7 Å². The summed E-state index contributed by atoms with van der Waals surface area (Å²) in [6.07, 6.45) is -0.657. The van der Waals surface area contributed by atoms with Crippen molar-refractivity contribution in [3.05, 3.63) is 78.6 Å². The zero-order chi connectivity index (χ0) is 21.6. The van der Waals surface area contributed by atoms with Crippen molar-refractivity contribution < 1.29 is 22.3 Å². The fraction of sp³-hybridized carbons (Fsp3) is 0.174. The number of ether oxygens (including phenoxy) is 1. The molecular formula is C23H19FN2O4S. The summed E-state index contributed by atoms with van der Waals surface area (Å²) in [6, 6.07) is 20.5. The Kier molecular flexibility index (Phi) is 4.75. The Morgan fingerprint density at radius 2 is 1.48 bits per heavy atom. The molecule has 4 aromatic rings. The lowest BCUT2D eigenvalue weighted by atomic mass is 10.2. The van der Waals surface area contributed by atoms with Gasteiger partial charge in [-0.3, -0.25) is 4.79 Å². The van der Waals surface area contributed by atoms with Gasteiger partial charge in [0.15, 0.2) is 0 Å². The molecule has 1 aliphatic heterocycles. The number of fused-ring (bicyclic) bond motifs is 3. The molecule has 1 saturated heterocycles. The molecule has 1 fully saturated rings. The number of carbonyl (C=O) groups excluding carboxylic acids is 1. The van der Waals surface area contributed by atoms with Crippen LogP contribution < -0.4 is 0 Å². The van der Waals surface area contributed by atoms with Crippen molar-refractivity contribution in [2.24, 2.45) is 0 Å². The number of rotatable bonds is 4. The van der Waals surface area contributed by atoms with Crippen LogP contribution in [-0.4, -0.2) is 42.5 Å². The fourth-order valence-electron chi connectivity index (χ4n) is 4.13. The van der Waals surface area contributed by atoms with E-state index in [-0.39, 0.29) is 18.0 Å². The Labute approximate surface area is 178 Å². The average molecular weight is 438 g/mol. The number of carbonyl (C=O) groups is 1. The molecule has 6 nitrogen and oxygen atoms in total. The van der Waals surface area contributed by atoms with Crippen LogP contribution in [0, 0.1) is 5.82 Å². The van der Waals surface area contributed by atoms with Gasteiger partial charge in [-0.25, -0.2) is 12.8 Å². The average Bonchev–Trinajstić information content (AvgIpc) is 3.08. The second-order valence-electron chi connectivity index (χ2n) is 7.51. The van der Waals surface area contributed by atoms with E-state index in [2.05, 4.69) is 4.57 Å². The molecule has 5 rings (SSSR count). The number of aromatic nitrogens is 1. The Morgan fingerprint density at radius 1 is 0.903 bits per heavy atom. The lowest BCUT2D eigenvalue weighted by Crippen LogP contribution is -2.49. The Bertz CT molecular complexity index is 1340. The minimum absolute atomic E-state index is 0.0201. The molecule has 0 N–H and O–H groups in total. The van der Waals surface area contributed by atoms with Crippen LogP contribution in [0.4, 0.5) is 4.39 Å². The summed E-state index contributed by atoms with van der Waals surface area (Å²) in [4.78, 5) is 12.2. The van der Waals surface area contributed by atoms with Crippen LogP contribution in [0.5, 0.6) is 0 Å². The van der Waals surface area contributed by atoms with E-state index in [1.54, 1.807) is 0 Å². The maximum Gasteiger partial charge on any atom is 0.321 e. The Morgan fingerprint density at radius 3 is 2.10 bits per heavy atom. The van der Waals surface area contributed by atoms with Crippen molar-refractivity contribution in [1.82, 2.24) is 8.87 Å². The summed E-state index contributed by atoms with van der Waals surface area (Å²) in [5.74, 6) is -1.14. The highest BCUT2D eigenvalue weighted by Crippen LogP contribution is 2.30. The van der Waals surface area contributed by atoms with Gasteiger partial charge in [-0.05, 0) is 36.4 Å². The first kappa shape index (κ1) is 19.7. The van der Waals surface area contributed by atoms with E-state index in [0.29, 0.717) is 6.54 Å². The highest BCUT2D eigenvalue weighted by molar-refractivity contribution is 7.89. The summed E-state index contributed by atoms with van der Waals surface area (Å²) in [5, 5.41) is 2.16. The van der Waals surface area contributed by atoms with Crippen molar-refractivity contribution in [2.75, 3.05) is 13.1 Å². The van der Waals surface area contributed by atoms with E-state index in [9.17, 15) is 17.6 Å². The third-order valence-electron chi connectivity index (χ3n) is 5.53. The van der Waals surface area contributed by atoms with E-state index in [1.807, 2.05) is 48.5 Å². The normalized spacial score (nSPS) is 17.8. The minimum atomic E-state index is -3.95. The van der Waals surface area contributed by atoms with Crippen molar-refractivity contribution >= 4 is 37.8 Å². The molecule has 0 bridgehead atoms. The lowest BCUT2D eigenvalue weighted by Gasteiger charge is -2.31. The lowest BCUT2D eigenvalue weighted by molar-refractivity contribution is -0.155. The van der Waals surface area contributed by atoms with Gasteiger partial charge < -0.3 is 9.30 Å². The van der Waals surface area contributed by atoms with Crippen molar-refractivity contribution in [3.8, 4) is 0 Å². The quantitative estimate of drug-likeness (QED) is 0.457. The van der Waals surface area contributed by atoms with Gasteiger partial charge in [0, 0.05) is 21.8 Å². The predicted octanol–water partition coefficient (Wildman–Crippen LogP) is 3.55. The summed E-state index contributed by atoms with van der Waals surface area (Å²) in [7, 11) is -3.95. The number of benzene rings is 3. The number of nitrogens with zero attached hydrogens (tertiary/aromatic N) is 2. The SMILES string of the molecule is O=C1CN(S(=O)(=O)c2ccc(F)cc2)C[C@H](Cn2c3ccccc3c3ccccc32)O1. The van der Waals surface area contributed by atoms with E-state index < -0.39 is 27.9 Å². The molecule has 0 aliphatic carbocycles. The summed E-state index contributed by atoms with van der Waals surface area (Å²) >= 11 is 0. The van der Waals surface area contributed by atoms with Crippen molar-refractivity contribution in [1.29, 1.82) is 0 Å². The second-order valence-corrected chi connectivity index (χ2v) is 9.45. The smallest absolute Gasteiger partial charge is 0.321 e.